The van der Waals surface area contributed by atoms with Crippen LogP contribution < -0.4 is 0 Å². The Labute approximate surface area is 897 Å². The molecule has 0 heterocycles. The molecule has 0 saturated carbocycles. The first-order chi connectivity index (χ1) is 0. The van der Waals surface area contributed by atoms with Crippen LogP contribution in [-0.2, 0) is 201 Å². The maximum atomic E-state index is 0. The Morgan fingerprint density at radius 1 is 0.533 bits per heavy atom. The van der Waals surface area contributed by atoms with Gasteiger partial charge in [-0.2, -0.15) is 0 Å². The van der Waals surface area contributed by atoms with Crippen molar-refractivity contribution in [3.63, 3.8) is 0 Å². The van der Waals surface area contributed by atoms with E-state index in [4.69, 9.17) is 0 Å². The van der Waals surface area contributed by atoms with Gasteiger partial charge >= 0.3 is 91.3 Å². The van der Waals surface area contributed by atoms with Crippen molar-refractivity contribution in [1.82, 2.24) is 0 Å². The van der Waals surface area contributed by atoms with E-state index >= 15 is 0 Å². The Kier molecular flexibility index (Phi) is 1680. The van der Waals surface area contributed by atoms with Gasteiger partial charge in [0, 0.05) is 825 Å². The van der Waals surface area contributed by atoms with Crippen LogP contribution in [0.3, 0.4) is 0 Å². The average molecular weight is 3150 g/mol. The van der Waals surface area contributed by atoms with Crippen LogP contribution in [0.4, 0.5) is 0 Å². The van der Waals surface area contributed by atoms with Gasteiger partial charge in [0.05, 0.1) is 0 Å². The molecular weight excluding hydrogens is 3130 g/mol. The summed E-state index contributed by atoms with van der Waals surface area (Å²) in [6.45, 7) is 0. The normalized spacial score (nSPS) is 0. The number of hydrogen-bond donors (Lipinski definition) is 0. The molecule has 0 rings (SSSR count). The van der Waals surface area contributed by atoms with Gasteiger partial charge in [-0.15, -0.1) is 0 Å². The molecule has 0 aromatic rings. The quantitative estimate of drug-likeness (QED) is 0.213. The van der Waals surface area contributed by atoms with Crippen molar-refractivity contribution < 1.29 is 825 Å². The standard InChI is InChI=1S/Al.Ce.2Cr.2Eu.2Ga.2Gd.2In.2Mn.2Nd.2Pm.2Pr.2Sc.2Sm.2Tb.2Ti.2V.15H. The van der Waals surface area contributed by atoms with Gasteiger partial charge in [-0.3, -0.25) is 0 Å². The number of hydrogen-bond acceptors (Lipinski definition) is 0. The third kappa shape index (κ3) is 208. The molecule has 0 amide bonds. The maximum absolute atomic E-state index is 0. The van der Waals surface area contributed by atoms with Gasteiger partial charge < -0.3 is 0 Å². The molecule has 168 valence electrons. The van der Waals surface area contributed by atoms with Gasteiger partial charge in [-0.25, -0.2) is 0 Å². The largest absolute Gasteiger partial charge is 0 e. The van der Waals surface area contributed by atoms with Crippen LogP contribution in [0.2, 0.25) is 0 Å². The summed E-state index contributed by atoms with van der Waals surface area (Å²) in [4.78, 5) is 0. The van der Waals surface area contributed by atoms with Gasteiger partial charge in [-0.1, -0.05) is 0 Å². The van der Waals surface area contributed by atoms with Gasteiger partial charge in [0.2, 0.25) is 0 Å². The molecule has 30 heavy (non-hydrogen) atoms. The SMILES string of the molecule is [AlH3].[Ce].[Cr].[Cr].[Eu].[Eu].[GaH3].[GaH3].[Gd].[Gd].[InH3].[InH3].[Mn].[Mn].[Nd].[Nd].[Pm].[Pm].[Pr].[Pr].[Sc].[Sc].[Sm].[Sm].[Tb].[Tb].[Ti].[Ti].[V].[V]. The van der Waals surface area contributed by atoms with Gasteiger partial charge in [0.15, 0.2) is 17.4 Å². The van der Waals surface area contributed by atoms with Crippen LogP contribution in [0.25, 0.3) is 0 Å². The molecular formula is H15AlCeCr2Eu2Ga2Gd2In2Mn2Nd2Pm2Pr2Sc2Sm2Tb2Ti2V2. The summed E-state index contributed by atoms with van der Waals surface area (Å²) in [6.07, 6.45) is 0. The van der Waals surface area contributed by atoms with Crippen molar-refractivity contribution in [1.29, 1.82) is 0 Å². The zero-order chi connectivity index (χ0) is 0. The average Bonchev–Trinajstić information content (AvgIpc) is 0. The van der Waals surface area contributed by atoms with E-state index in [-0.39, 0.29) is 933 Å². The zero-order valence-corrected chi connectivity index (χ0v) is 67.2. The van der Waals surface area contributed by atoms with Crippen LogP contribution in [0.1, 0.15) is 0 Å². The minimum absolute atomic E-state index is 0. The van der Waals surface area contributed by atoms with Gasteiger partial charge in [-0.05, 0) is 0 Å². The van der Waals surface area contributed by atoms with Crippen LogP contribution in [0.5, 0.6) is 0 Å². The zero-order valence-electron chi connectivity index (χ0n) is 11.1. The topological polar surface area (TPSA) is 0 Å². The Morgan fingerprint density at radius 2 is 0.533 bits per heavy atom. The molecule has 0 unspecified atom stereocenters. The predicted molar refractivity (Wildman–Crippen MR) is 49.7 cm³/mol. The van der Waals surface area contributed by atoms with Gasteiger partial charge in [0.25, 0.3) is 0 Å². The summed E-state index contributed by atoms with van der Waals surface area (Å²) in [5, 5.41) is 0. The molecule has 30 heteroatoms. The van der Waals surface area contributed by atoms with Crippen molar-refractivity contribution in [3.05, 3.63) is 0 Å². The summed E-state index contributed by atoms with van der Waals surface area (Å²) in [5.41, 5.74) is 0. The summed E-state index contributed by atoms with van der Waals surface area (Å²) in [7, 11) is 0. The fourth-order valence-electron chi connectivity index (χ4n) is 0. The van der Waals surface area contributed by atoms with Crippen molar-refractivity contribution in [2.45, 2.75) is 0 Å². The molecule has 0 atom stereocenters. The van der Waals surface area contributed by atoms with E-state index in [1.807, 2.05) is 0 Å². The van der Waals surface area contributed by atoms with Crippen LogP contribution >= 0.6 is 0 Å². The molecule has 14 radical (unpaired) electrons. The van der Waals surface area contributed by atoms with Crippen LogP contribution in [0, 0.1) is 623 Å². The fraction of sp³-hybridized carbons (Fsp3) is 0. The van der Waals surface area contributed by atoms with Crippen LogP contribution in [-0.4, -0.2) is 109 Å². The van der Waals surface area contributed by atoms with E-state index in [1.54, 1.807) is 0 Å². The van der Waals surface area contributed by atoms with E-state index in [9.17, 15) is 0 Å². The molecule has 0 aliphatic rings. The molecule has 0 aromatic heterocycles. The van der Waals surface area contributed by atoms with Crippen molar-refractivity contribution in [3.8, 4) is 0 Å². The first-order valence-electron chi connectivity index (χ1n) is 0. The molecule has 0 nitrogen and oxygen atoms in total. The van der Waals surface area contributed by atoms with Crippen LogP contribution in [0.15, 0.2) is 0 Å². The summed E-state index contributed by atoms with van der Waals surface area (Å²) in [5.74, 6) is 0. The monoisotopic (exact) mass is 3150 g/mol. The second-order valence-corrected chi connectivity index (χ2v) is 0. The van der Waals surface area contributed by atoms with E-state index in [0.717, 1.165) is 0 Å². The minimum atomic E-state index is 0. The third-order valence-corrected chi connectivity index (χ3v) is 0. The Hall–Kier alpha value is 30.5. The van der Waals surface area contributed by atoms with Crippen molar-refractivity contribution in [2.24, 2.45) is 0 Å². The summed E-state index contributed by atoms with van der Waals surface area (Å²) >= 11 is 0. The third-order valence-electron chi connectivity index (χ3n) is 0. The van der Waals surface area contributed by atoms with Crippen molar-refractivity contribution in [2.75, 3.05) is 0 Å². The second kappa shape index (κ2) is 219. The van der Waals surface area contributed by atoms with E-state index in [2.05, 4.69) is 0 Å². The molecule has 0 aliphatic carbocycles. The van der Waals surface area contributed by atoms with E-state index in [1.165, 1.54) is 0 Å². The van der Waals surface area contributed by atoms with Crippen molar-refractivity contribution >= 4 is 109 Å². The Bertz CT molecular complexity index is 119. The Morgan fingerprint density at radius 3 is 0.533 bits per heavy atom. The first kappa shape index (κ1) is 230. The molecule has 0 aliphatic heterocycles. The smallest absolute Gasteiger partial charge is 0 e. The molecule has 0 aromatic carbocycles. The molecule has 0 spiro atoms. The second-order valence-electron chi connectivity index (χ2n) is 0. The first-order valence-corrected chi connectivity index (χ1v) is 0. The maximum Gasteiger partial charge on any atom is 0 e. The summed E-state index contributed by atoms with van der Waals surface area (Å²) in [6, 6.07) is 0. The van der Waals surface area contributed by atoms with Gasteiger partial charge in [0.1, 0.15) is 0 Å². The van der Waals surface area contributed by atoms with E-state index in [0.29, 0.717) is 0 Å². The minimum Gasteiger partial charge on any atom is 0 e. The molecule has 0 saturated heterocycles. The number of rotatable bonds is 0. The van der Waals surface area contributed by atoms with E-state index < -0.39 is 0 Å². The summed E-state index contributed by atoms with van der Waals surface area (Å²) < 4.78 is 0. The molecule has 0 bridgehead atoms. The fourth-order valence-corrected chi connectivity index (χ4v) is 0. The molecule has 0 N–H and O–H groups in total. The predicted octanol–water partition coefficient (Wildman–Crippen LogP) is -5.94. The molecule has 0 fully saturated rings. The Balaban J connectivity index is 0.